The van der Waals surface area contributed by atoms with Crippen LogP contribution in [0.25, 0.3) is 11.4 Å². The molecule has 0 aliphatic heterocycles. The Bertz CT molecular complexity index is 1360. The summed E-state index contributed by atoms with van der Waals surface area (Å²) in [6.45, 7) is 2.00. The molecule has 0 unspecified atom stereocenters. The fourth-order valence-corrected chi connectivity index (χ4v) is 3.76. The van der Waals surface area contributed by atoms with Crippen LogP contribution in [0.5, 0.6) is 5.75 Å². The second-order valence-corrected chi connectivity index (χ2v) is 8.35. The van der Waals surface area contributed by atoms with Crippen molar-refractivity contribution in [3.8, 4) is 17.1 Å². The van der Waals surface area contributed by atoms with E-state index in [9.17, 15) is 4.79 Å². The van der Waals surface area contributed by atoms with Crippen molar-refractivity contribution >= 4 is 28.8 Å². The average Bonchev–Trinajstić information content (AvgIpc) is 3.59. The van der Waals surface area contributed by atoms with Crippen LogP contribution in [0.15, 0.2) is 55.1 Å². The highest BCUT2D eigenvalue weighted by atomic mass is 16.5. The highest BCUT2D eigenvalue weighted by molar-refractivity contribution is 6.04. The number of pyridine rings is 2. The molecule has 5 rings (SSSR count). The first-order chi connectivity index (χ1) is 16.5. The van der Waals surface area contributed by atoms with Gasteiger partial charge >= 0.3 is 0 Å². The molecule has 0 spiro atoms. The van der Waals surface area contributed by atoms with Gasteiger partial charge < -0.3 is 15.4 Å². The molecular formula is C25H25N7O2. The normalized spacial score (nSPS) is 12.9. The summed E-state index contributed by atoms with van der Waals surface area (Å²) in [5, 5.41) is 11.0. The van der Waals surface area contributed by atoms with Crippen molar-refractivity contribution in [2.45, 2.75) is 19.8 Å². The van der Waals surface area contributed by atoms with Crippen molar-refractivity contribution in [3.05, 3.63) is 66.2 Å². The lowest BCUT2D eigenvalue weighted by atomic mass is 10.1. The minimum atomic E-state index is 0.0607. The molecule has 0 saturated heterocycles. The summed E-state index contributed by atoms with van der Waals surface area (Å²) in [6.07, 6.45) is 6.83. The molecule has 2 N–H and O–H groups in total. The largest absolute Gasteiger partial charge is 0.494 e. The summed E-state index contributed by atoms with van der Waals surface area (Å²) in [5.74, 6) is 2.56. The summed E-state index contributed by atoms with van der Waals surface area (Å²) in [4.78, 5) is 26.2. The Morgan fingerprint density at radius 3 is 2.59 bits per heavy atom. The van der Waals surface area contributed by atoms with Crippen LogP contribution >= 0.6 is 0 Å². The minimum Gasteiger partial charge on any atom is -0.494 e. The molecule has 9 heteroatoms. The fourth-order valence-electron chi connectivity index (χ4n) is 3.76. The van der Waals surface area contributed by atoms with Gasteiger partial charge in [0.2, 0.25) is 0 Å². The van der Waals surface area contributed by atoms with Gasteiger partial charge in [-0.3, -0.25) is 9.48 Å². The standard InChI is InChI=1S/C25H25N7O2/c1-15-9-10-26-21(11-15)30-22-12-20(18(13-27-22)23(33)16-7-8-16)29-19-6-4-5-17(24(19)34-3)25-28-14-32(2)31-25/h4-6,9-14,16H,7-8H2,1-3H3,(H2,26,27,29,30). The first kappa shape index (κ1) is 21.6. The summed E-state index contributed by atoms with van der Waals surface area (Å²) in [6, 6.07) is 11.4. The third-order valence-electron chi connectivity index (χ3n) is 5.62. The van der Waals surface area contributed by atoms with Crippen molar-refractivity contribution in [1.82, 2.24) is 24.7 Å². The number of carbonyl (C=O) groups excluding carboxylic acids is 1. The van der Waals surface area contributed by atoms with Crippen molar-refractivity contribution in [1.29, 1.82) is 0 Å². The quantitative estimate of drug-likeness (QED) is 0.369. The number of aromatic nitrogens is 5. The van der Waals surface area contributed by atoms with E-state index in [0.717, 1.165) is 24.0 Å². The number of ketones is 1. The molecule has 4 aromatic rings. The van der Waals surface area contributed by atoms with Gasteiger partial charge in [-0.15, -0.1) is 0 Å². The Balaban J connectivity index is 1.53. The lowest BCUT2D eigenvalue weighted by molar-refractivity contribution is 0.0968. The second-order valence-electron chi connectivity index (χ2n) is 8.35. The van der Waals surface area contributed by atoms with Gasteiger partial charge in [0.1, 0.15) is 18.0 Å². The van der Waals surface area contributed by atoms with Crippen LogP contribution in [-0.4, -0.2) is 37.6 Å². The zero-order chi connectivity index (χ0) is 23.7. The van der Waals surface area contributed by atoms with E-state index in [1.807, 2.05) is 50.4 Å². The van der Waals surface area contributed by atoms with E-state index in [0.29, 0.717) is 40.1 Å². The van der Waals surface area contributed by atoms with E-state index in [-0.39, 0.29) is 11.7 Å². The minimum absolute atomic E-state index is 0.0607. The predicted octanol–water partition coefficient (Wildman–Crippen LogP) is 4.67. The first-order valence-corrected chi connectivity index (χ1v) is 11.1. The molecule has 9 nitrogen and oxygen atoms in total. The van der Waals surface area contributed by atoms with Gasteiger partial charge in [0.15, 0.2) is 17.4 Å². The Morgan fingerprint density at radius 1 is 1.06 bits per heavy atom. The Morgan fingerprint density at radius 2 is 1.88 bits per heavy atom. The molecule has 0 atom stereocenters. The summed E-state index contributed by atoms with van der Waals surface area (Å²) >= 11 is 0. The van der Waals surface area contributed by atoms with Crippen LogP contribution in [-0.2, 0) is 7.05 Å². The van der Waals surface area contributed by atoms with Gasteiger partial charge in [0.05, 0.1) is 29.6 Å². The van der Waals surface area contributed by atoms with E-state index < -0.39 is 0 Å². The number of hydrogen-bond acceptors (Lipinski definition) is 8. The van der Waals surface area contributed by atoms with Crippen molar-refractivity contribution in [3.63, 3.8) is 0 Å². The van der Waals surface area contributed by atoms with E-state index in [1.54, 1.807) is 30.5 Å². The van der Waals surface area contributed by atoms with Crippen molar-refractivity contribution in [2.24, 2.45) is 13.0 Å². The lowest BCUT2D eigenvalue weighted by Crippen LogP contribution is -2.09. The number of aryl methyl sites for hydroxylation is 2. The lowest BCUT2D eigenvalue weighted by Gasteiger charge is -2.17. The molecule has 1 aliphatic carbocycles. The topological polar surface area (TPSA) is 107 Å². The van der Waals surface area contributed by atoms with Crippen LogP contribution in [0.4, 0.5) is 23.0 Å². The Kier molecular flexibility index (Phi) is 5.67. The number of methoxy groups -OCH3 is 1. The van der Waals surface area contributed by atoms with Crippen LogP contribution < -0.4 is 15.4 Å². The smallest absolute Gasteiger partial charge is 0.184 e. The molecule has 0 radical (unpaired) electrons. The average molecular weight is 456 g/mol. The molecule has 1 aromatic carbocycles. The first-order valence-electron chi connectivity index (χ1n) is 11.1. The number of ether oxygens (including phenoxy) is 1. The summed E-state index contributed by atoms with van der Waals surface area (Å²) < 4.78 is 7.37. The Labute approximate surface area is 197 Å². The molecule has 172 valence electrons. The summed E-state index contributed by atoms with van der Waals surface area (Å²) in [5.41, 5.74) is 3.73. The van der Waals surface area contributed by atoms with E-state index in [2.05, 4.69) is 30.7 Å². The van der Waals surface area contributed by atoms with Gasteiger partial charge in [-0.25, -0.2) is 15.0 Å². The maximum absolute atomic E-state index is 13.0. The molecule has 1 aliphatic rings. The molecule has 1 saturated carbocycles. The highest BCUT2D eigenvalue weighted by Gasteiger charge is 2.32. The SMILES string of the molecule is COc1c(Nc2cc(Nc3cc(C)ccn3)ncc2C(=O)C2CC2)cccc1-c1ncn(C)n1. The van der Waals surface area contributed by atoms with Gasteiger partial charge in [-0.05, 0) is 49.6 Å². The maximum Gasteiger partial charge on any atom is 0.184 e. The predicted molar refractivity (Wildman–Crippen MR) is 130 cm³/mol. The number of para-hydroxylation sites is 1. The van der Waals surface area contributed by atoms with Crippen LogP contribution in [0.3, 0.4) is 0 Å². The number of Topliss-reactive ketones (excluding diaryl/α,β-unsaturated/α-hetero) is 1. The fraction of sp³-hybridized carbons (Fsp3) is 0.240. The highest BCUT2D eigenvalue weighted by Crippen LogP contribution is 2.39. The zero-order valence-corrected chi connectivity index (χ0v) is 19.2. The molecule has 1 fully saturated rings. The van der Waals surface area contributed by atoms with Gasteiger partial charge in [-0.2, -0.15) is 5.10 Å². The number of rotatable bonds is 8. The van der Waals surface area contributed by atoms with E-state index >= 15 is 0 Å². The second kappa shape index (κ2) is 8.93. The molecule has 34 heavy (non-hydrogen) atoms. The van der Waals surface area contributed by atoms with Gasteiger partial charge in [0.25, 0.3) is 0 Å². The van der Waals surface area contributed by atoms with Crippen LogP contribution in [0.2, 0.25) is 0 Å². The summed E-state index contributed by atoms with van der Waals surface area (Å²) in [7, 11) is 3.42. The van der Waals surface area contributed by atoms with Crippen LogP contribution in [0, 0.1) is 12.8 Å². The maximum atomic E-state index is 13.0. The molecule has 0 amide bonds. The van der Waals surface area contributed by atoms with E-state index in [4.69, 9.17) is 4.74 Å². The molecule has 3 aromatic heterocycles. The van der Waals surface area contributed by atoms with Crippen molar-refractivity contribution in [2.75, 3.05) is 17.7 Å². The number of benzene rings is 1. The number of nitrogens with one attached hydrogen (secondary N) is 2. The molecule has 3 heterocycles. The van der Waals surface area contributed by atoms with Crippen molar-refractivity contribution < 1.29 is 9.53 Å². The molecular weight excluding hydrogens is 430 g/mol. The Hall–Kier alpha value is -4.27. The third kappa shape index (κ3) is 4.45. The number of hydrogen-bond donors (Lipinski definition) is 2. The number of anilines is 4. The zero-order valence-electron chi connectivity index (χ0n) is 19.2. The monoisotopic (exact) mass is 455 g/mol. The van der Waals surface area contributed by atoms with Gasteiger partial charge in [-0.1, -0.05) is 6.07 Å². The molecule has 0 bridgehead atoms. The third-order valence-corrected chi connectivity index (χ3v) is 5.62. The van der Waals surface area contributed by atoms with Gasteiger partial charge in [0, 0.05) is 31.4 Å². The number of carbonyl (C=O) groups is 1. The number of nitrogens with zero attached hydrogens (tertiary/aromatic N) is 5. The van der Waals surface area contributed by atoms with Crippen LogP contribution in [0.1, 0.15) is 28.8 Å². The van der Waals surface area contributed by atoms with E-state index in [1.165, 1.54) is 0 Å².